The van der Waals surface area contributed by atoms with Crippen LogP contribution in [0.2, 0.25) is 0 Å². The van der Waals surface area contributed by atoms with E-state index in [0.717, 1.165) is 33.4 Å². The van der Waals surface area contributed by atoms with Gasteiger partial charge in [0.25, 0.3) is 24.0 Å². The highest BCUT2D eigenvalue weighted by Crippen LogP contribution is 2.30. The van der Waals surface area contributed by atoms with Crippen molar-refractivity contribution in [2.75, 3.05) is 0 Å². The van der Waals surface area contributed by atoms with Gasteiger partial charge in [0, 0.05) is 23.5 Å². The van der Waals surface area contributed by atoms with Crippen molar-refractivity contribution in [3.05, 3.63) is 117 Å². The molecule has 6 rings (SSSR count). The molecule has 6 aromatic rings. The van der Waals surface area contributed by atoms with E-state index in [4.69, 9.17) is 0 Å². The van der Waals surface area contributed by atoms with E-state index in [0.29, 0.717) is 11.1 Å². The van der Waals surface area contributed by atoms with Crippen LogP contribution in [0.4, 0.5) is 35.1 Å². The number of halogens is 8. The zero-order valence-electron chi connectivity index (χ0n) is 23.7. The lowest BCUT2D eigenvalue weighted by Crippen LogP contribution is -2.27. The molecule has 0 saturated heterocycles. The second-order valence-electron chi connectivity index (χ2n) is 9.81. The van der Waals surface area contributed by atoms with E-state index in [1.54, 1.807) is 12.1 Å². The maximum absolute atomic E-state index is 13.0. The van der Waals surface area contributed by atoms with Crippen LogP contribution in [0.5, 0.6) is 0 Å². The minimum Gasteiger partial charge on any atom is -0.284 e. The molecule has 4 aromatic heterocycles. The van der Waals surface area contributed by atoms with E-state index in [-0.39, 0.29) is 33.8 Å². The third-order valence-corrected chi connectivity index (χ3v) is 6.65. The van der Waals surface area contributed by atoms with Gasteiger partial charge in [-0.15, -0.1) is 0 Å². The first-order valence-corrected chi connectivity index (χ1v) is 13.5. The van der Waals surface area contributed by atoms with Crippen LogP contribution in [0, 0.1) is 5.82 Å². The smallest absolute Gasteiger partial charge is 0.284 e. The Hall–Kier alpha value is -5.54. The Morgan fingerprint density at radius 1 is 0.617 bits per heavy atom. The Morgan fingerprint density at radius 3 is 1.40 bits per heavy atom. The topological polar surface area (TPSA) is 95.6 Å². The minimum atomic E-state index is -4.52. The van der Waals surface area contributed by atoms with Gasteiger partial charge >= 0.3 is 6.18 Å². The fourth-order valence-electron chi connectivity index (χ4n) is 4.57. The lowest BCUT2D eigenvalue weighted by Gasteiger charge is -2.12. The average Bonchev–Trinajstić information content (AvgIpc) is 3.03. The highest BCUT2D eigenvalue weighted by atomic mass is 19.4. The molecule has 47 heavy (non-hydrogen) atoms. The van der Waals surface area contributed by atoms with Crippen LogP contribution >= 0.6 is 0 Å². The second kappa shape index (κ2) is 13.4. The molecule has 0 N–H and O–H groups in total. The van der Waals surface area contributed by atoms with Crippen molar-refractivity contribution in [1.29, 1.82) is 0 Å². The van der Waals surface area contributed by atoms with E-state index in [1.807, 2.05) is 0 Å². The normalized spacial score (nSPS) is 11.7. The summed E-state index contributed by atoms with van der Waals surface area (Å²) in [5.74, 6) is -0.459. The van der Waals surface area contributed by atoms with Crippen molar-refractivity contribution in [2.45, 2.75) is 32.1 Å². The summed E-state index contributed by atoms with van der Waals surface area (Å²) in [6.07, 6.45) is -7.28. The number of alkyl halides is 7. The molecule has 4 heterocycles. The molecule has 0 bridgehead atoms. The summed E-state index contributed by atoms with van der Waals surface area (Å²) in [5, 5.41) is 0. The fraction of sp³-hybridized carbons (Fsp3) is 0.161. The standard InChI is InChI=1S/C16H10F5N3O.C15H10F3N3O/c17-12(18)8-24-14-11(2-1-7-22-14)23-13(15(24)25)9-3-5-10(6-4-9)16(19,20)21;16-10-5-3-9(4-6-10)13-15(22)21(8-12(17)18)14-11(20-13)2-1-7-19-14/h1-7,12H,8H2;1-7,12H,8H2. The van der Waals surface area contributed by atoms with Crippen molar-refractivity contribution in [2.24, 2.45) is 0 Å². The number of rotatable bonds is 6. The van der Waals surface area contributed by atoms with Gasteiger partial charge in [-0.05, 0) is 60.7 Å². The molecule has 0 saturated carbocycles. The average molecular weight is 661 g/mol. The zero-order chi connectivity index (χ0) is 33.9. The van der Waals surface area contributed by atoms with Crippen LogP contribution in [0.15, 0.2) is 94.8 Å². The third-order valence-electron chi connectivity index (χ3n) is 6.65. The van der Waals surface area contributed by atoms with Gasteiger partial charge in [-0.2, -0.15) is 13.2 Å². The fourth-order valence-corrected chi connectivity index (χ4v) is 4.57. The van der Waals surface area contributed by atoms with Gasteiger partial charge < -0.3 is 0 Å². The van der Waals surface area contributed by atoms with Gasteiger partial charge in [0.15, 0.2) is 11.3 Å². The molecule has 0 amide bonds. The summed E-state index contributed by atoms with van der Waals surface area (Å²) in [5.41, 5.74) is -1.57. The number of pyridine rings is 2. The summed E-state index contributed by atoms with van der Waals surface area (Å²) in [4.78, 5) is 41.1. The predicted octanol–water partition coefficient (Wildman–Crippen LogP) is 6.61. The van der Waals surface area contributed by atoms with E-state index in [9.17, 15) is 44.7 Å². The van der Waals surface area contributed by atoms with Crippen LogP contribution in [-0.2, 0) is 19.3 Å². The highest BCUT2D eigenvalue weighted by molar-refractivity contribution is 5.75. The maximum atomic E-state index is 13.0. The number of hydrogen-bond acceptors (Lipinski definition) is 6. The largest absolute Gasteiger partial charge is 0.416 e. The second-order valence-corrected chi connectivity index (χ2v) is 9.81. The monoisotopic (exact) mass is 660 g/mol. The summed E-state index contributed by atoms with van der Waals surface area (Å²) in [6, 6.07) is 15.1. The molecule has 16 heteroatoms. The van der Waals surface area contributed by atoms with Crippen molar-refractivity contribution in [3.8, 4) is 22.5 Å². The third kappa shape index (κ3) is 7.31. The first-order valence-electron chi connectivity index (χ1n) is 13.5. The Balaban J connectivity index is 0.000000186. The van der Waals surface area contributed by atoms with Gasteiger partial charge in [-0.1, -0.05) is 12.1 Å². The number of nitrogens with zero attached hydrogens (tertiary/aromatic N) is 6. The number of aromatic nitrogens is 6. The minimum absolute atomic E-state index is 0.0107. The molecule has 0 atom stereocenters. The number of fused-ring (bicyclic) bond motifs is 2. The molecule has 8 nitrogen and oxygen atoms in total. The molecule has 0 spiro atoms. The summed E-state index contributed by atoms with van der Waals surface area (Å²) in [6.45, 7) is -1.66. The van der Waals surface area contributed by atoms with Gasteiger partial charge in [0.2, 0.25) is 0 Å². The highest BCUT2D eigenvalue weighted by Gasteiger charge is 2.30. The molecule has 0 aliphatic carbocycles. The maximum Gasteiger partial charge on any atom is 0.416 e. The molecular formula is C31H20F8N6O2. The van der Waals surface area contributed by atoms with E-state index >= 15 is 0 Å². The first-order chi connectivity index (χ1) is 22.3. The van der Waals surface area contributed by atoms with Gasteiger partial charge in [-0.25, -0.2) is 41.9 Å². The van der Waals surface area contributed by atoms with Crippen molar-refractivity contribution in [3.63, 3.8) is 0 Å². The van der Waals surface area contributed by atoms with Gasteiger partial charge in [-0.3, -0.25) is 18.7 Å². The van der Waals surface area contributed by atoms with Crippen LogP contribution in [0.3, 0.4) is 0 Å². The lowest BCUT2D eigenvalue weighted by atomic mass is 10.1. The molecule has 0 fully saturated rings. The van der Waals surface area contributed by atoms with Crippen LogP contribution in [0.25, 0.3) is 44.8 Å². The lowest BCUT2D eigenvalue weighted by molar-refractivity contribution is -0.137. The first kappa shape index (κ1) is 32.8. The molecule has 2 aromatic carbocycles. The van der Waals surface area contributed by atoms with E-state index < -0.39 is 54.6 Å². The van der Waals surface area contributed by atoms with Crippen molar-refractivity contribution >= 4 is 22.3 Å². The van der Waals surface area contributed by atoms with E-state index in [2.05, 4.69) is 19.9 Å². The van der Waals surface area contributed by atoms with E-state index in [1.165, 1.54) is 48.8 Å². The SMILES string of the molecule is O=c1c(-c2ccc(C(F)(F)F)cc2)nc2cccnc2n1CC(F)F.O=c1c(-c2ccc(F)cc2)nc2cccnc2n1CC(F)F. The molecular weight excluding hydrogens is 640 g/mol. The van der Waals surface area contributed by atoms with Crippen molar-refractivity contribution in [1.82, 2.24) is 29.1 Å². The van der Waals surface area contributed by atoms with Gasteiger partial charge in [0.05, 0.1) is 18.7 Å². The molecule has 0 radical (unpaired) electrons. The van der Waals surface area contributed by atoms with Crippen LogP contribution < -0.4 is 11.1 Å². The number of hydrogen-bond donors (Lipinski definition) is 0. The molecule has 0 aliphatic heterocycles. The van der Waals surface area contributed by atoms with Crippen LogP contribution in [0.1, 0.15) is 5.56 Å². The Labute approximate surface area is 258 Å². The molecule has 0 unspecified atom stereocenters. The molecule has 0 aliphatic rings. The number of benzene rings is 2. The van der Waals surface area contributed by atoms with Gasteiger partial charge in [0.1, 0.15) is 28.2 Å². The summed E-state index contributed by atoms with van der Waals surface area (Å²) in [7, 11) is 0. The Kier molecular flexibility index (Phi) is 9.39. The summed E-state index contributed by atoms with van der Waals surface area (Å²) >= 11 is 0. The Morgan fingerprint density at radius 2 is 1.02 bits per heavy atom. The Bertz CT molecular complexity index is 2150. The van der Waals surface area contributed by atoms with Crippen LogP contribution in [-0.4, -0.2) is 41.9 Å². The quantitative estimate of drug-likeness (QED) is 0.187. The molecule has 242 valence electrons. The zero-order valence-corrected chi connectivity index (χ0v) is 23.7. The predicted molar refractivity (Wildman–Crippen MR) is 155 cm³/mol. The summed E-state index contributed by atoms with van der Waals surface area (Å²) < 4.78 is 104. The van der Waals surface area contributed by atoms with Crippen molar-refractivity contribution < 1.29 is 35.1 Å².